The molecule has 0 spiro atoms. The Kier molecular flexibility index (Phi) is 5.78. The van der Waals surface area contributed by atoms with Crippen molar-refractivity contribution in [2.24, 2.45) is 0 Å². The van der Waals surface area contributed by atoms with Crippen LogP contribution in [0.15, 0.2) is 76.0 Å². The first kappa shape index (κ1) is 19.4. The normalized spacial score (nSPS) is 10.9. The van der Waals surface area contributed by atoms with Crippen LogP contribution < -0.4 is 10.9 Å². The number of nitrogens with one attached hydrogen (secondary N) is 1. The second-order valence-corrected chi connectivity index (χ2v) is 8.16. The molecule has 5 nitrogen and oxygen atoms in total. The van der Waals surface area contributed by atoms with Gasteiger partial charge in [0.15, 0.2) is 5.16 Å². The molecule has 146 valence electrons. The molecule has 4 aromatic rings. The average Bonchev–Trinajstić information content (AvgIpc) is 3.18. The number of nitrogens with zero attached hydrogens (tertiary/aromatic N) is 2. The predicted octanol–water partition coefficient (Wildman–Crippen LogP) is 4.88. The van der Waals surface area contributed by atoms with E-state index in [-0.39, 0.29) is 17.2 Å². The first-order valence-electron chi connectivity index (χ1n) is 9.22. The fraction of sp³-hybridized carbons (Fsp3) is 0.136. The highest BCUT2D eigenvalue weighted by atomic mass is 32.2. The van der Waals surface area contributed by atoms with Crippen LogP contribution in [-0.2, 0) is 11.3 Å². The van der Waals surface area contributed by atoms with Gasteiger partial charge in [-0.1, -0.05) is 60.3 Å². The smallest absolute Gasteiger partial charge is 0.272 e. The number of hydrogen-bond donors (Lipinski definition) is 1. The van der Waals surface area contributed by atoms with E-state index < -0.39 is 0 Å². The maximum Gasteiger partial charge on any atom is 0.272 e. The Morgan fingerprint density at radius 2 is 1.79 bits per heavy atom. The zero-order chi connectivity index (χ0) is 20.2. The summed E-state index contributed by atoms with van der Waals surface area (Å²) < 4.78 is 2.28. The van der Waals surface area contributed by atoms with Crippen LogP contribution in [-0.4, -0.2) is 21.2 Å². The molecule has 0 aliphatic heterocycles. The third-order valence-corrected chi connectivity index (χ3v) is 6.37. The Labute approximate surface area is 176 Å². The van der Waals surface area contributed by atoms with Gasteiger partial charge in [-0.2, -0.15) is 0 Å². The largest absolute Gasteiger partial charge is 0.325 e. The van der Waals surface area contributed by atoms with Crippen molar-refractivity contribution >= 4 is 44.9 Å². The quantitative estimate of drug-likeness (QED) is 0.356. The number of benzene rings is 2. The molecular weight excluding hydrogens is 402 g/mol. The number of para-hydroxylation sites is 1. The van der Waals surface area contributed by atoms with Gasteiger partial charge in [0.2, 0.25) is 5.91 Å². The van der Waals surface area contributed by atoms with Crippen LogP contribution in [0.25, 0.3) is 21.3 Å². The standard InChI is InChI=1S/C22H19N3O2S2/c1-2-25-21(27)20-19(17(13-28-20)15-9-5-3-6-10-15)24-22(25)29-14-18(26)23-16-11-7-4-8-12-16/h3-13H,2,14H2,1H3,(H,23,26). The number of amides is 1. The lowest BCUT2D eigenvalue weighted by Gasteiger charge is -2.10. The third-order valence-electron chi connectivity index (χ3n) is 4.43. The first-order chi connectivity index (χ1) is 14.2. The fourth-order valence-electron chi connectivity index (χ4n) is 3.04. The summed E-state index contributed by atoms with van der Waals surface area (Å²) in [5.41, 5.74) is 3.36. The van der Waals surface area contributed by atoms with Crippen LogP contribution in [0.3, 0.4) is 0 Å². The van der Waals surface area contributed by atoms with Gasteiger partial charge in [-0.05, 0) is 24.6 Å². The number of thioether (sulfide) groups is 1. The molecule has 0 aliphatic carbocycles. The van der Waals surface area contributed by atoms with Gasteiger partial charge in [-0.25, -0.2) is 4.98 Å². The van der Waals surface area contributed by atoms with E-state index in [9.17, 15) is 9.59 Å². The van der Waals surface area contributed by atoms with Crippen molar-refractivity contribution in [2.75, 3.05) is 11.1 Å². The number of carbonyl (C=O) groups excluding carboxylic acids is 1. The highest BCUT2D eigenvalue weighted by Crippen LogP contribution is 2.32. The van der Waals surface area contributed by atoms with E-state index in [1.807, 2.05) is 73.0 Å². The summed E-state index contributed by atoms with van der Waals surface area (Å²) in [5, 5.41) is 5.40. The summed E-state index contributed by atoms with van der Waals surface area (Å²) in [5.74, 6) is 0.0456. The SMILES string of the molecule is CCn1c(SCC(=O)Nc2ccccc2)nc2c(-c3ccccc3)csc2c1=O. The van der Waals surface area contributed by atoms with Crippen LogP contribution in [0.4, 0.5) is 5.69 Å². The lowest BCUT2D eigenvalue weighted by atomic mass is 10.1. The molecule has 0 saturated carbocycles. The molecule has 0 saturated heterocycles. The van der Waals surface area contributed by atoms with Crippen molar-refractivity contribution in [3.8, 4) is 11.1 Å². The fourth-order valence-corrected chi connectivity index (χ4v) is 4.86. The van der Waals surface area contributed by atoms with Gasteiger partial charge in [0.1, 0.15) is 4.70 Å². The molecule has 1 amide bonds. The lowest BCUT2D eigenvalue weighted by molar-refractivity contribution is -0.113. The zero-order valence-electron chi connectivity index (χ0n) is 15.8. The van der Waals surface area contributed by atoms with Crippen molar-refractivity contribution in [1.29, 1.82) is 0 Å². The Bertz CT molecular complexity index is 1200. The van der Waals surface area contributed by atoms with Crippen molar-refractivity contribution < 1.29 is 4.79 Å². The molecule has 2 aromatic heterocycles. The van der Waals surface area contributed by atoms with Gasteiger partial charge in [0, 0.05) is 23.2 Å². The molecule has 0 fully saturated rings. The Morgan fingerprint density at radius 3 is 2.48 bits per heavy atom. The number of thiophene rings is 1. The number of anilines is 1. The Balaban J connectivity index is 1.64. The summed E-state index contributed by atoms with van der Waals surface area (Å²) in [6, 6.07) is 19.2. The van der Waals surface area contributed by atoms with E-state index in [1.54, 1.807) is 4.57 Å². The van der Waals surface area contributed by atoms with E-state index in [0.717, 1.165) is 16.8 Å². The van der Waals surface area contributed by atoms with E-state index in [0.29, 0.717) is 21.9 Å². The molecule has 0 unspecified atom stereocenters. The van der Waals surface area contributed by atoms with Crippen molar-refractivity contribution in [3.05, 3.63) is 76.4 Å². The molecule has 0 atom stereocenters. The highest BCUT2D eigenvalue weighted by Gasteiger charge is 2.17. The minimum Gasteiger partial charge on any atom is -0.325 e. The second kappa shape index (κ2) is 8.63. The van der Waals surface area contributed by atoms with E-state index in [1.165, 1.54) is 23.1 Å². The van der Waals surface area contributed by atoms with Crippen LogP contribution in [0.5, 0.6) is 0 Å². The van der Waals surface area contributed by atoms with Crippen molar-refractivity contribution in [1.82, 2.24) is 9.55 Å². The van der Waals surface area contributed by atoms with Gasteiger partial charge in [-0.15, -0.1) is 11.3 Å². The summed E-state index contributed by atoms with van der Waals surface area (Å²) >= 11 is 2.70. The number of carbonyl (C=O) groups is 1. The minimum atomic E-state index is -0.133. The molecule has 0 bridgehead atoms. The molecule has 29 heavy (non-hydrogen) atoms. The predicted molar refractivity (Wildman–Crippen MR) is 121 cm³/mol. The lowest BCUT2D eigenvalue weighted by Crippen LogP contribution is -2.22. The number of rotatable bonds is 6. The molecule has 0 radical (unpaired) electrons. The van der Waals surface area contributed by atoms with Crippen molar-refractivity contribution in [2.45, 2.75) is 18.6 Å². The van der Waals surface area contributed by atoms with Crippen LogP contribution >= 0.6 is 23.1 Å². The third kappa shape index (κ3) is 4.11. The van der Waals surface area contributed by atoms with E-state index in [2.05, 4.69) is 5.32 Å². The van der Waals surface area contributed by atoms with Gasteiger partial charge in [0.05, 0.1) is 11.3 Å². The van der Waals surface area contributed by atoms with E-state index >= 15 is 0 Å². The first-order valence-corrected chi connectivity index (χ1v) is 11.1. The monoisotopic (exact) mass is 421 g/mol. The molecule has 1 N–H and O–H groups in total. The van der Waals surface area contributed by atoms with Gasteiger partial charge < -0.3 is 5.32 Å². The van der Waals surface area contributed by atoms with Gasteiger partial charge in [0.25, 0.3) is 5.56 Å². The molecule has 7 heteroatoms. The number of aromatic nitrogens is 2. The molecular formula is C22H19N3O2S2. The molecule has 2 heterocycles. The average molecular weight is 422 g/mol. The topological polar surface area (TPSA) is 64.0 Å². The number of fused-ring (bicyclic) bond motifs is 1. The van der Waals surface area contributed by atoms with E-state index in [4.69, 9.17) is 4.98 Å². The summed E-state index contributed by atoms with van der Waals surface area (Å²) in [6.45, 7) is 2.41. The minimum absolute atomic E-state index is 0.0596. The zero-order valence-corrected chi connectivity index (χ0v) is 17.4. The van der Waals surface area contributed by atoms with Crippen molar-refractivity contribution in [3.63, 3.8) is 0 Å². The maximum absolute atomic E-state index is 13.0. The molecule has 0 aliphatic rings. The van der Waals surface area contributed by atoms with Crippen LogP contribution in [0, 0.1) is 0 Å². The second-order valence-electron chi connectivity index (χ2n) is 6.34. The maximum atomic E-state index is 13.0. The summed E-state index contributed by atoms with van der Waals surface area (Å²) in [7, 11) is 0. The highest BCUT2D eigenvalue weighted by molar-refractivity contribution is 7.99. The van der Waals surface area contributed by atoms with Crippen LogP contribution in [0.1, 0.15) is 6.92 Å². The summed E-state index contributed by atoms with van der Waals surface area (Å²) in [6.07, 6.45) is 0. The van der Waals surface area contributed by atoms with Crippen LogP contribution in [0.2, 0.25) is 0 Å². The summed E-state index contributed by atoms with van der Waals surface area (Å²) in [4.78, 5) is 30.1. The molecule has 2 aromatic carbocycles. The van der Waals surface area contributed by atoms with Gasteiger partial charge in [-0.3, -0.25) is 14.2 Å². The Hall–Kier alpha value is -2.90. The Morgan fingerprint density at radius 1 is 1.10 bits per heavy atom. The molecule has 4 rings (SSSR count). The number of hydrogen-bond acceptors (Lipinski definition) is 5. The van der Waals surface area contributed by atoms with Gasteiger partial charge >= 0.3 is 0 Å².